The lowest BCUT2D eigenvalue weighted by atomic mass is 10.0. The fourth-order valence-corrected chi connectivity index (χ4v) is 2.27. The van der Waals surface area contributed by atoms with Gasteiger partial charge in [0, 0.05) is 23.1 Å². The molecule has 0 unspecified atom stereocenters. The van der Waals surface area contributed by atoms with Crippen LogP contribution in [0.1, 0.15) is 10.4 Å². The summed E-state index contributed by atoms with van der Waals surface area (Å²) in [6, 6.07) is 4.28. The molecule has 0 atom stereocenters. The van der Waals surface area contributed by atoms with E-state index < -0.39 is 11.6 Å². The zero-order valence-electron chi connectivity index (χ0n) is 8.76. The number of halogens is 2. The van der Waals surface area contributed by atoms with Gasteiger partial charge >= 0.3 is 0 Å². The minimum Gasteiger partial charge on any atom is -0.326 e. The lowest BCUT2D eigenvalue weighted by Crippen LogP contribution is -1.92. The normalized spacial score (nSPS) is 10.8. The Kier molecular flexibility index (Phi) is 3.03. The fraction of sp³-hybridized carbons (Fsp3) is 0.167. The van der Waals surface area contributed by atoms with E-state index in [-0.39, 0.29) is 0 Å². The highest BCUT2D eigenvalue weighted by molar-refractivity contribution is 7.10. The van der Waals surface area contributed by atoms with E-state index >= 15 is 0 Å². The molecule has 0 saturated carbocycles. The summed E-state index contributed by atoms with van der Waals surface area (Å²) < 4.78 is 26.7. The van der Waals surface area contributed by atoms with E-state index in [4.69, 9.17) is 5.73 Å². The Hall–Kier alpha value is -1.26. The van der Waals surface area contributed by atoms with Crippen molar-refractivity contribution in [2.75, 3.05) is 0 Å². The molecular formula is C12H11F2NS. The molecule has 0 bridgehead atoms. The number of nitrogens with two attached hydrogens (primary N) is 1. The first-order valence-electron chi connectivity index (χ1n) is 4.85. The van der Waals surface area contributed by atoms with Crippen LogP contribution in [0.2, 0.25) is 0 Å². The zero-order chi connectivity index (χ0) is 11.7. The van der Waals surface area contributed by atoms with Gasteiger partial charge in [0.25, 0.3) is 0 Å². The predicted octanol–water partition coefficient (Wildman–Crippen LogP) is 3.46. The lowest BCUT2D eigenvalue weighted by molar-refractivity contribution is 0.579. The molecule has 4 heteroatoms. The molecule has 0 saturated heterocycles. The van der Waals surface area contributed by atoms with E-state index in [0.29, 0.717) is 17.7 Å². The maximum atomic E-state index is 13.6. The predicted molar refractivity (Wildman–Crippen MR) is 62.3 cm³/mol. The van der Waals surface area contributed by atoms with Crippen molar-refractivity contribution in [3.63, 3.8) is 0 Å². The van der Waals surface area contributed by atoms with Crippen LogP contribution in [0.5, 0.6) is 0 Å². The molecule has 0 aliphatic carbocycles. The first kappa shape index (κ1) is 11.2. The third kappa shape index (κ3) is 1.99. The van der Waals surface area contributed by atoms with E-state index in [0.717, 1.165) is 16.5 Å². The molecule has 1 nitrogen and oxygen atoms in total. The molecule has 2 rings (SSSR count). The monoisotopic (exact) mass is 239 g/mol. The molecular weight excluding hydrogens is 228 g/mol. The molecule has 1 heterocycles. The van der Waals surface area contributed by atoms with Crippen LogP contribution in [0, 0.1) is 18.6 Å². The maximum absolute atomic E-state index is 13.6. The van der Waals surface area contributed by atoms with E-state index in [1.807, 2.05) is 11.4 Å². The van der Waals surface area contributed by atoms with Gasteiger partial charge < -0.3 is 5.73 Å². The number of hydrogen-bond donors (Lipinski definition) is 1. The molecule has 84 valence electrons. The van der Waals surface area contributed by atoms with Crippen molar-refractivity contribution in [2.45, 2.75) is 13.5 Å². The van der Waals surface area contributed by atoms with Crippen LogP contribution in [-0.2, 0) is 6.54 Å². The van der Waals surface area contributed by atoms with Crippen LogP contribution in [-0.4, -0.2) is 0 Å². The summed E-state index contributed by atoms with van der Waals surface area (Å²) in [7, 11) is 0. The first-order chi connectivity index (χ1) is 7.61. The van der Waals surface area contributed by atoms with E-state index in [2.05, 4.69) is 0 Å². The second kappa shape index (κ2) is 4.31. The van der Waals surface area contributed by atoms with Crippen LogP contribution >= 0.6 is 11.3 Å². The Bertz CT molecular complexity index is 520. The summed E-state index contributed by atoms with van der Waals surface area (Å²) in [5.41, 5.74) is 7.11. The molecule has 1 aromatic carbocycles. The summed E-state index contributed by atoms with van der Waals surface area (Å²) in [4.78, 5) is 0.983. The van der Waals surface area contributed by atoms with Crippen LogP contribution in [0.4, 0.5) is 8.78 Å². The van der Waals surface area contributed by atoms with Gasteiger partial charge in [0.2, 0.25) is 0 Å². The van der Waals surface area contributed by atoms with Crippen LogP contribution < -0.4 is 5.73 Å². The molecule has 1 aromatic heterocycles. The molecule has 0 radical (unpaired) electrons. The SMILES string of the molecule is Cc1cc(-c2csc(CN)c2)c(F)cc1F. The summed E-state index contributed by atoms with van der Waals surface area (Å²) in [5.74, 6) is -1.06. The van der Waals surface area contributed by atoms with Crippen molar-refractivity contribution >= 4 is 11.3 Å². The molecule has 0 amide bonds. The van der Waals surface area contributed by atoms with Gasteiger partial charge in [0.1, 0.15) is 11.6 Å². The molecule has 0 spiro atoms. The quantitative estimate of drug-likeness (QED) is 0.853. The van der Waals surface area contributed by atoms with Crippen molar-refractivity contribution in [1.82, 2.24) is 0 Å². The van der Waals surface area contributed by atoms with Crippen LogP contribution in [0.15, 0.2) is 23.6 Å². The Morgan fingerprint density at radius 2 is 1.94 bits per heavy atom. The third-order valence-electron chi connectivity index (χ3n) is 2.41. The van der Waals surface area contributed by atoms with Gasteiger partial charge in [0.05, 0.1) is 0 Å². The molecule has 2 aromatic rings. The van der Waals surface area contributed by atoms with E-state index in [1.54, 1.807) is 6.92 Å². The van der Waals surface area contributed by atoms with Gasteiger partial charge in [-0.15, -0.1) is 11.3 Å². The summed E-state index contributed by atoms with van der Waals surface area (Å²) in [5, 5.41) is 1.83. The van der Waals surface area contributed by atoms with Crippen molar-refractivity contribution in [3.8, 4) is 11.1 Å². The third-order valence-corrected chi connectivity index (χ3v) is 3.37. The van der Waals surface area contributed by atoms with Gasteiger partial charge in [-0.05, 0) is 35.6 Å². The Labute approximate surface area is 96.5 Å². The Balaban J connectivity index is 2.51. The zero-order valence-corrected chi connectivity index (χ0v) is 9.57. The van der Waals surface area contributed by atoms with Crippen molar-refractivity contribution in [3.05, 3.63) is 45.7 Å². The number of rotatable bonds is 2. The van der Waals surface area contributed by atoms with Gasteiger partial charge in [-0.2, -0.15) is 0 Å². The molecule has 16 heavy (non-hydrogen) atoms. The number of thiophene rings is 1. The van der Waals surface area contributed by atoms with Crippen LogP contribution in [0.3, 0.4) is 0 Å². The molecule has 2 N–H and O–H groups in total. The average molecular weight is 239 g/mol. The molecule has 0 fully saturated rings. The van der Waals surface area contributed by atoms with Crippen LogP contribution in [0.25, 0.3) is 11.1 Å². The van der Waals surface area contributed by atoms with Gasteiger partial charge in [0.15, 0.2) is 0 Å². The lowest BCUT2D eigenvalue weighted by Gasteiger charge is -2.03. The minimum atomic E-state index is -0.538. The highest BCUT2D eigenvalue weighted by atomic mass is 32.1. The molecule has 0 aliphatic heterocycles. The van der Waals surface area contributed by atoms with Crippen molar-refractivity contribution in [2.24, 2.45) is 5.73 Å². The number of aryl methyl sites for hydroxylation is 1. The van der Waals surface area contributed by atoms with Crippen molar-refractivity contribution in [1.29, 1.82) is 0 Å². The second-order valence-electron chi connectivity index (χ2n) is 3.59. The van der Waals surface area contributed by atoms with Gasteiger partial charge in [-0.1, -0.05) is 0 Å². The fourth-order valence-electron chi connectivity index (χ4n) is 1.51. The average Bonchev–Trinajstić information content (AvgIpc) is 2.71. The number of benzene rings is 1. The highest BCUT2D eigenvalue weighted by Crippen LogP contribution is 2.29. The topological polar surface area (TPSA) is 26.0 Å². The first-order valence-corrected chi connectivity index (χ1v) is 5.73. The Morgan fingerprint density at radius 3 is 2.56 bits per heavy atom. The van der Waals surface area contributed by atoms with E-state index in [9.17, 15) is 8.78 Å². The van der Waals surface area contributed by atoms with Crippen molar-refractivity contribution < 1.29 is 8.78 Å². The second-order valence-corrected chi connectivity index (χ2v) is 4.58. The highest BCUT2D eigenvalue weighted by Gasteiger charge is 2.10. The van der Waals surface area contributed by atoms with Gasteiger partial charge in [-0.25, -0.2) is 8.78 Å². The summed E-state index contributed by atoms with van der Waals surface area (Å²) >= 11 is 1.48. The molecule has 0 aliphatic rings. The largest absolute Gasteiger partial charge is 0.326 e. The maximum Gasteiger partial charge on any atom is 0.133 e. The standard InChI is InChI=1S/C12H11F2NS/c1-7-2-10(12(14)4-11(7)13)8-3-9(5-15)16-6-8/h2-4,6H,5,15H2,1H3. The summed E-state index contributed by atoms with van der Waals surface area (Å²) in [6.07, 6.45) is 0. The van der Waals surface area contributed by atoms with Gasteiger partial charge in [-0.3, -0.25) is 0 Å². The summed E-state index contributed by atoms with van der Waals surface area (Å²) in [6.45, 7) is 2.06. The smallest absolute Gasteiger partial charge is 0.133 e. The van der Waals surface area contributed by atoms with E-state index in [1.165, 1.54) is 17.4 Å². The minimum absolute atomic E-state index is 0.426. The Morgan fingerprint density at radius 1 is 1.19 bits per heavy atom. The number of hydrogen-bond acceptors (Lipinski definition) is 2.